The van der Waals surface area contributed by atoms with Crippen LogP contribution in [0.15, 0.2) is 0 Å². The number of Topliss-reactive ketones (excluding diaryl/α,β-unsaturated/α-hetero) is 2. The zero-order valence-electron chi connectivity index (χ0n) is 10.6. The molecule has 0 bridgehead atoms. The van der Waals surface area contributed by atoms with Crippen LogP contribution in [-0.4, -0.2) is 24.3 Å². The van der Waals surface area contributed by atoms with Crippen molar-refractivity contribution < 1.29 is 14.3 Å². The monoisotopic (exact) mass is 214 g/mol. The van der Waals surface area contributed by atoms with E-state index in [1.54, 1.807) is 14.0 Å². The smallest absolute Gasteiger partial charge is 0.148 e. The largest absolute Gasteiger partial charge is 0.378 e. The third-order valence-electron chi connectivity index (χ3n) is 3.46. The van der Waals surface area contributed by atoms with E-state index in [1.165, 1.54) is 0 Å². The Bertz CT molecular complexity index is 252. The van der Waals surface area contributed by atoms with Gasteiger partial charge < -0.3 is 4.74 Å². The Morgan fingerprint density at radius 3 is 1.93 bits per heavy atom. The van der Waals surface area contributed by atoms with Crippen molar-refractivity contribution in [2.75, 3.05) is 7.11 Å². The van der Waals surface area contributed by atoms with Gasteiger partial charge in [0.2, 0.25) is 0 Å². The van der Waals surface area contributed by atoms with Gasteiger partial charge in [-0.1, -0.05) is 20.8 Å². The number of hydrogen-bond donors (Lipinski definition) is 0. The molecule has 0 aromatic heterocycles. The molecule has 0 spiro atoms. The van der Waals surface area contributed by atoms with Crippen LogP contribution in [0.1, 0.15) is 47.5 Å². The maximum absolute atomic E-state index is 11.9. The molecular formula is C12H22O3. The third-order valence-corrected chi connectivity index (χ3v) is 3.46. The lowest BCUT2D eigenvalue weighted by Crippen LogP contribution is -2.47. The summed E-state index contributed by atoms with van der Waals surface area (Å²) in [5, 5.41) is 0. The highest BCUT2D eigenvalue weighted by molar-refractivity contribution is 6.01. The molecule has 15 heavy (non-hydrogen) atoms. The minimum absolute atomic E-state index is 0.0102. The van der Waals surface area contributed by atoms with Crippen LogP contribution in [0.5, 0.6) is 0 Å². The molecule has 0 saturated carbocycles. The van der Waals surface area contributed by atoms with Crippen molar-refractivity contribution >= 4 is 11.6 Å². The van der Waals surface area contributed by atoms with Crippen LogP contribution in [0.2, 0.25) is 0 Å². The first-order valence-corrected chi connectivity index (χ1v) is 5.29. The van der Waals surface area contributed by atoms with E-state index in [2.05, 4.69) is 0 Å². The summed E-state index contributed by atoms with van der Waals surface area (Å²) in [4.78, 5) is 23.2. The van der Waals surface area contributed by atoms with Crippen molar-refractivity contribution in [3.05, 3.63) is 0 Å². The molecule has 0 amide bonds. The second-order valence-corrected chi connectivity index (χ2v) is 4.83. The van der Waals surface area contributed by atoms with Gasteiger partial charge in [-0.25, -0.2) is 0 Å². The summed E-state index contributed by atoms with van der Waals surface area (Å²) in [6, 6.07) is 0. The van der Waals surface area contributed by atoms with Gasteiger partial charge in [-0.2, -0.15) is 0 Å². The summed E-state index contributed by atoms with van der Waals surface area (Å²) in [7, 11) is 1.58. The van der Waals surface area contributed by atoms with Crippen LogP contribution in [0.4, 0.5) is 0 Å². The summed E-state index contributed by atoms with van der Waals surface area (Å²) in [6.07, 6.45) is 0.422. The Morgan fingerprint density at radius 1 is 1.13 bits per heavy atom. The first-order valence-electron chi connectivity index (χ1n) is 5.29. The molecule has 0 aliphatic rings. The fourth-order valence-corrected chi connectivity index (χ4v) is 1.12. The summed E-state index contributed by atoms with van der Waals surface area (Å²) in [5.41, 5.74) is -1.20. The molecule has 0 rings (SSSR count). The fourth-order valence-electron chi connectivity index (χ4n) is 1.12. The van der Waals surface area contributed by atoms with E-state index in [9.17, 15) is 9.59 Å². The SMILES string of the molecule is CCC(=O)CC(=O)C(C)(C)C(C)(C)OC. The summed E-state index contributed by atoms with van der Waals surface area (Å²) < 4.78 is 5.31. The highest BCUT2D eigenvalue weighted by atomic mass is 16.5. The first kappa shape index (κ1) is 14.3. The second-order valence-electron chi connectivity index (χ2n) is 4.83. The van der Waals surface area contributed by atoms with Crippen molar-refractivity contribution in [1.29, 1.82) is 0 Å². The third kappa shape index (κ3) is 3.13. The molecule has 0 N–H and O–H groups in total. The molecule has 0 atom stereocenters. The quantitative estimate of drug-likeness (QED) is 0.637. The molecule has 0 aromatic rings. The fraction of sp³-hybridized carbons (Fsp3) is 0.833. The van der Waals surface area contributed by atoms with Crippen LogP contribution in [0, 0.1) is 5.41 Å². The van der Waals surface area contributed by atoms with E-state index in [0.717, 1.165) is 0 Å². The number of methoxy groups -OCH3 is 1. The molecule has 0 fully saturated rings. The molecule has 3 heteroatoms. The zero-order valence-corrected chi connectivity index (χ0v) is 10.6. The summed E-state index contributed by atoms with van der Waals surface area (Å²) in [5.74, 6) is -0.0684. The van der Waals surface area contributed by atoms with Crippen LogP contribution >= 0.6 is 0 Å². The Balaban J connectivity index is 4.73. The normalized spacial score (nSPS) is 12.7. The second kappa shape index (κ2) is 4.88. The Morgan fingerprint density at radius 2 is 1.60 bits per heavy atom. The maximum Gasteiger partial charge on any atom is 0.148 e. The molecule has 0 radical (unpaired) electrons. The Labute approximate surface area is 92.2 Å². The molecule has 3 nitrogen and oxygen atoms in total. The number of ether oxygens (including phenoxy) is 1. The molecule has 0 aromatic carbocycles. The van der Waals surface area contributed by atoms with Gasteiger partial charge in [0.05, 0.1) is 17.4 Å². The minimum atomic E-state index is -0.646. The molecule has 0 heterocycles. The van der Waals surface area contributed by atoms with Gasteiger partial charge in [0.1, 0.15) is 11.6 Å². The zero-order chi connectivity index (χ0) is 12.3. The predicted molar refractivity (Wildman–Crippen MR) is 59.8 cm³/mol. The van der Waals surface area contributed by atoms with E-state index in [-0.39, 0.29) is 18.0 Å². The van der Waals surface area contributed by atoms with Crippen molar-refractivity contribution in [3.8, 4) is 0 Å². The number of hydrogen-bond acceptors (Lipinski definition) is 3. The topological polar surface area (TPSA) is 43.4 Å². The van der Waals surface area contributed by atoms with E-state index < -0.39 is 11.0 Å². The van der Waals surface area contributed by atoms with Crippen LogP contribution in [0.3, 0.4) is 0 Å². The molecule has 0 aliphatic carbocycles. The highest BCUT2D eigenvalue weighted by Crippen LogP contribution is 2.35. The first-order chi connectivity index (χ1) is 6.69. The van der Waals surface area contributed by atoms with Gasteiger partial charge in [0.15, 0.2) is 0 Å². The van der Waals surface area contributed by atoms with Gasteiger partial charge in [-0.15, -0.1) is 0 Å². The van der Waals surface area contributed by atoms with Crippen molar-refractivity contribution in [2.24, 2.45) is 5.41 Å². The van der Waals surface area contributed by atoms with Gasteiger partial charge in [0.25, 0.3) is 0 Å². The Hall–Kier alpha value is -0.700. The number of carbonyl (C=O) groups excluding carboxylic acids is 2. The number of carbonyl (C=O) groups is 2. The van der Waals surface area contributed by atoms with Crippen molar-refractivity contribution in [3.63, 3.8) is 0 Å². The van der Waals surface area contributed by atoms with Crippen molar-refractivity contribution in [2.45, 2.75) is 53.1 Å². The van der Waals surface area contributed by atoms with Gasteiger partial charge in [-0.3, -0.25) is 9.59 Å². The lowest BCUT2D eigenvalue weighted by molar-refractivity contribution is -0.146. The molecule has 0 saturated heterocycles. The molecule has 0 aliphatic heterocycles. The van der Waals surface area contributed by atoms with Crippen LogP contribution in [-0.2, 0) is 14.3 Å². The van der Waals surface area contributed by atoms with E-state index in [0.29, 0.717) is 6.42 Å². The summed E-state index contributed by atoms with van der Waals surface area (Å²) in [6.45, 7) is 9.14. The van der Waals surface area contributed by atoms with Crippen LogP contribution < -0.4 is 0 Å². The van der Waals surface area contributed by atoms with Crippen molar-refractivity contribution in [1.82, 2.24) is 0 Å². The van der Waals surface area contributed by atoms with Gasteiger partial charge in [0, 0.05) is 13.5 Å². The van der Waals surface area contributed by atoms with Gasteiger partial charge in [-0.05, 0) is 13.8 Å². The minimum Gasteiger partial charge on any atom is -0.378 e. The van der Waals surface area contributed by atoms with Gasteiger partial charge >= 0.3 is 0 Å². The highest BCUT2D eigenvalue weighted by Gasteiger charge is 2.43. The molecule has 88 valence electrons. The standard InChI is InChI=1S/C12H22O3/c1-7-9(13)8-10(14)11(2,3)12(4,5)15-6/h7-8H2,1-6H3. The van der Waals surface area contributed by atoms with E-state index in [4.69, 9.17) is 4.74 Å². The Kier molecular flexibility index (Phi) is 4.65. The molecular weight excluding hydrogens is 192 g/mol. The maximum atomic E-state index is 11.9. The van der Waals surface area contributed by atoms with E-state index in [1.807, 2.05) is 27.7 Å². The van der Waals surface area contributed by atoms with E-state index >= 15 is 0 Å². The lowest BCUT2D eigenvalue weighted by atomic mass is 9.72. The average molecular weight is 214 g/mol. The van der Waals surface area contributed by atoms with Crippen LogP contribution in [0.25, 0.3) is 0 Å². The number of rotatable bonds is 6. The summed E-state index contributed by atoms with van der Waals surface area (Å²) >= 11 is 0. The predicted octanol–water partition coefficient (Wildman–Crippen LogP) is 2.38. The molecule has 0 unspecified atom stereocenters. The average Bonchev–Trinajstić information content (AvgIpc) is 2.17. The lowest BCUT2D eigenvalue weighted by Gasteiger charge is -2.39. The number of ketones is 2.